The van der Waals surface area contributed by atoms with Gasteiger partial charge in [-0.15, -0.1) is 0 Å². The van der Waals surface area contributed by atoms with Crippen LogP contribution in [-0.4, -0.2) is 34.6 Å². The van der Waals surface area contributed by atoms with E-state index in [1.807, 2.05) is 20.8 Å². The summed E-state index contributed by atoms with van der Waals surface area (Å²) in [5, 5.41) is 8.69. The number of β-lactam (4-membered cyclic amide) rings is 1. The smallest absolute Gasteiger partial charge is 0.230 e. The van der Waals surface area contributed by atoms with Crippen LogP contribution in [0.3, 0.4) is 0 Å². The number of carbonyl (C=O) groups excluding carboxylic acids is 1. The summed E-state index contributed by atoms with van der Waals surface area (Å²) in [7, 11) is 0. The van der Waals surface area contributed by atoms with Gasteiger partial charge in [-0.3, -0.25) is 4.79 Å². The van der Waals surface area contributed by atoms with Crippen molar-refractivity contribution in [2.75, 3.05) is 13.2 Å². The van der Waals surface area contributed by atoms with Crippen LogP contribution in [-0.2, 0) is 4.79 Å². The van der Waals surface area contributed by atoms with E-state index in [-0.39, 0.29) is 24.0 Å². The van der Waals surface area contributed by atoms with Crippen LogP contribution >= 0.6 is 0 Å². The van der Waals surface area contributed by atoms with Crippen molar-refractivity contribution in [2.45, 2.75) is 26.3 Å². The largest absolute Gasteiger partial charge is 0.395 e. The Labute approximate surface area is 67.0 Å². The molecule has 1 fully saturated rings. The topological polar surface area (TPSA) is 40.5 Å². The molecule has 0 aliphatic carbocycles. The van der Waals surface area contributed by atoms with Gasteiger partial charge in [0.05, 0.1) is 12.5 Å². The van der Waals surface area contributed by atoms with Gasteiger partial charge in [-0.05, 0) is 20.8 Å². The van der Waals surface area contributed by atoms with Crippen LogP contribution in [0.5, 0.6) is 0 Å². The van der Waals surface area contributed by atoms with Crippen molar-refractivity contribution < 1.29 is 9.90 Å². The molecule has 0 spiro atoms. The van der Waals surface area contributed by atoms with E-state index in [4.69, 9.17) is 5.11 Å². The van der Waals surface area contributed by atoms with Crippen LogP contribution in [0.2, 0.25) is 0 Å². The highest BCUT2D eigenvalue weighted by atomic mass is 16.3. The molecule has 3 heteroatoms. The maximum Gasteiger partial charge on any atom is 0.230 e. The summed E-state index contributed by atoms with van der Waals surface area (Å²) in [5.41, 5.74) is -0.0806. The lowest BCUT2D eigenvalue weighted by Gasteiger charge is -2.46. The van der Waals surface area contributed by atoms with Gasteiger partial charge >= 0.3 is 0 Å². The maximum atomic E-state index is 11.2. The molecule has 1 aliphatic heterocycles. The van der Waals surface area contributed by atoms with Crippen molar-refractivity contribution in [3.8, 4) is 0 Å². The summed E-state index contributed by atoms with van der Waals surface area (Å²) in [6.07, 6.45) is 0. The monoisotopic (exact) mass is 157 g/mol. The molecule has 1 heterocycles. The van der Waals surface area contributed by atoms with Gasteiger partial charge in [-0.1, -0.05) is 0 Å². The molecule has 0 aromatic carbocycles. The Balaban J connectivity index is 2.52. The predicted octanol–water partition coefficient (Wildman–Crippen LogP) is 0.236. The zero-order valence-corrected chi connectivity index (χ0v) is 7.29. The molecule has 1 amide bonds. The van der Waals surface area contributed by atoms with Crippen LogP contribution in [0.1, 0.15) is 20.8 Å². The van der Waals surface area contributed by atoms with Crippen LogP contribution < -0.4 is 0 Å². The normalized spacial score (nSPS) is 25.3. The number of nitrogens with zero attached hydrogens (tertiary/aromatic N) is 1. The van der Waals surface area contributed by atoms with E-state index in [1.165, 1.54) is 0 Å². The Kier molecular flexibility index (Phi) is 1.92. The highest BCUT2D eigenvalue weighted by molar-refractivity contribution is 5.85. The molecule has 11 heavy (non-hydrogen) atoms. The minimum absolute atomic E-state index is 0.00852. The van der Waals surface area contributed by atoms with E-state index in [0.29, 0.717) is 6.54 Å². The minimum Gasteiger partial charge on any atom is -0.395 e. The third-order valence-corrected chi connectivity index (χ3v) is 2.05. The van der Waals surface area contributed by atoms with Gasteiger partial charge < -0.3 is 10.0 Å². The Hall–Kier alpha value is -0.570. The van der Waals surface area contributed by atoms with E-state index in [2.05, 4.69) is 0 Å². The number of hydrogen-bond donors (Lipinski definition) is 1. The highest BCUT2D eigenvalue weighted by Gasteiger charge is 2.41. The fraction of sp³-hybridized carbons (Fsp3) is 0.875. The number of hydrogen-bond acceptors (Lipinski definition) is 2. The van der Waals surface area contributed by atoms with Crippen molar-refractivity contribution in [1.29, 1.82) is 0 Å². The molecule has 0 aromatic heterocycles. The van der Waals surface area contributed by atoms with Crippen LogP contribution in [0, 0.1) is 5.92 Å². The number of amides is 1. The lowest BCUT2D eigenvalue weighted by molar-refractivity contribution is -0.157. The minimum atomic E-state index is -0.130. The quantitative estimate of drug-likeness (QED) is 0.554. The molecule has 0 aromatic rings. The van der Waals surface area contributed by atoms with Crippen molar-refractivity contribution in [3.05, 3.63) is 0 Å². The van der Waals surface area contributed by atoms with E-state index in [0.717, 1.165) is 0 Å². The number of rotatable bonds is 1. The highest BCUT2D eigenvalue weighted by Crippen LogP contribution is 2.26. The van der Waals surface area contributed by atoms with Gasteiger partial charge in [0.2, 0.25) is 5.91 Å². The molecule has 1 rings (SSSR count). The molecule has 1 unspecified atom stereocenters. The molecular weight excluding hydrogens is 142 g/mol. The molecule has 3 nitrogen and oxygen atoms in total. The van der Waals surface area contributed by atoms with Crippen LogP contribution in [0.25, 0.3) is 0 Å². The summed E-state index contributed by atoms with van der Waals surface area (Å²) >= 11 is 0. The summed E-state index contributed by atoms with van der Waals surface area (Å²) in [6, 6.07) is 0. The van der Waals surface area contributed by atoms with Crippen molar-refractivity contribution in [3.63, 3.8) is 0 Å². The summed E-state index contributed by atoms with van der Waals surface area (Å²) in [4.78, 5) is 13.0. The predicted molar refractivity (Wildman–Crippen MR) is 42.0 cm³/mol. The van der Waals surface area contributed by atoms with E-state index < -0.39 is 0 Å². The first-order valence-corrected chi connectivity index (χ1v) is 3.89. The zero-order valence-electron chi connectivity index (χ0n) is 7.29. The van der Waals surface area contributed by atoms with Crippen molar-refractivity contribution >= 4 is 5.91 Å². The molecule has 64 valence electrons. The summed E-state index contributed by atoms with van der Waals surface area (Å²) in [6.45, 7) is 6.69. The Morgan fingerprint density at radius 1 is 1.64 bits per heavy atom. The first-order chi connectivity index (χ1) is 4.96. The third-order valence-electron chi connectivity index (χ3n) is 2.05. The van der Waals surface area contributed by atoms with Gasteiger partial charge in [0.15, 0.2) is 0 Å². The second-order valence-corrected chi connectivity index (χ2v) is 4.00. The molecular formula is C8H15NO2. The van der Waals surface area contributed by atoms with Crippen LogP contribution in [0.4, 0.5) is 0 Å². The van der Waals surface area contributed by atoms with E-state index >= 15 is 0 Å². The molecule has 0 radical (unpaired) electrons. The molecule has 1 atom stereocenters. The Morgan fingerprint density at radius 2 is 2.18 bits per heavy atom. The standard InChI is InChI=1S/C8H15NO2/c1-8(2,3)9-4-6(5-10)7(9)11/h6,10H,4-5H2,1-3H3. The number of aliphatic hydroxyl groups excluding tert-OH is 1. The van der Waals surface area contributed by atoms with Gasteiger partial charge in [-0.25, -0.2) is 0 Å². The van der Waals surface area contributed by atoms with Gasteiger partial charge in [0.1, 0.15) is 0 Å². The van der Waals surface area contributed by atoms with Gasteiger partial charge in [-0.2, -0.15) is 0 Å². The SMILES string of the molecule is CC(C)(C)N1CC(CO)C1=O. The van der Waals surface area contributed by atoms with Crippen LogP contribution in [0.15, 0.2) is 0 Å². The number of carbonyl (C=O) groups is 1. The van der Waals surface area contributed by atoms with Crippen molar-refractivity contribution in [2.24, 2.45) is 5.92 Å². The molecule has 1 aliphatic rings. The lowest BCUT2D eigenvalue weighted by atomic mass is 9.92. The Morgan fingerprint density at radius 3 is 2.45 bits per heavy atom. The fourth-order valence-electron chi connectivity index (χ4n) is 1.24. The number of aliphatic hydroxyl groups is 1. The fourth-order valence-corrected chi connectivity index (χ4v) is 1.24. The zero-order chi connectivity index (χ0) is 8.65. The molecule has 1 N–H and O–H groups in total. The average molecular weight is 157 g/mol. The average Bonchev–Trinajstić information content (AvgIpc) is 1.83. The van der Waals surface area contributed by atoms with Crippen molar-refractivity contribution in [1.82, 2.24) is 4.90 Å². The molecule has 0 bridgehead atoms. The Bertz CT molecular complexity index is 171. The summed E-state index contributed by atoms with van der Waals surface area (Å²) < 4.78 is 0. The lowest BCUT2D eigenvalue weighted by Crippen LogP contribution is -2.61. The number of likely N-dealkylation sites (tertiary alicyclic amines) is 1. The second-order valence-electron chi connectivity index (χ2n) is 4.00. The van der Waals surface area contributed by atoms with Gasteiger partial charge in [0, 0.05) is 12.1 Å². The third kappa shape index (κ3) is 1.38. The maximum absolute atomic E-state index is 11.2. The van der Waals surface area contributed by atoms with E-state index in [9.17, 15) is 4.79 Å². The first-order valence-electron chi connectivity index (χ1n) is 3.89. The van der Waals surface area contributed by atoms with Gasteiger partial charge in [0.25, 0.3) is 0 Å². The molecule has 1 saturated heterocycles. The van der Waals surface area contributed by atoms with E-state index in [1.54, 1.807) is 4.90 Å². The summed E-state index contributed by atoms with van der Waals surface area (Å²) in [5.74, 6) is -0.0470. The second kappa shape index (κ2) is 2.48. The first kappa shape index (κ1) is 8.53. The molecule has 0 saturated carbocycles.